The highest BCUT2D eigenvalue weighted by Crippen LogP contribution is 2.22. The summed E-state index contributed by atoms with van der Waals surface area (Å²) in [6.45, 7) is 3.12. The second-order valence-electron chi connectivity index (χ2n) is 6.34. The van der Waals surface area contributed by atoms with E-state index in [1.54, 1.807) is 12.1 Å². The highest BCUT2D eigenvalue weighted by molar-refractivity contribution is 5.89. The highest BCUT2D eigenvalue weighted by atomic mass is 16.5. The Kier molecular flexibility index (Phi) is 6.90. The molecule has 28 heavy (non-hydrogen) atoms. The van der Waals surface area contributed by atoms with Gasteiger partial charge in [0.25, 0.3) is 0 Å². The zero-order valence-electron chi connectivity index (χ0n) is 15.9. The van der Waals surface area contributed by atoms with Crippen molar-refractivity contribution in [3.63, 3.8) is 0 Å². The molecule has 0 unspecified atom stereocenters. The summed E-state index contributed by atoms with van der Waals surface area (Å²) in [5, 5.41) is 5.62. The molecule has 0 aliphatic carbocycles. The molecule has 0 aliphatic rings. The van der Waals surface area contributed by atoms with Crippen molar-refractivity contribution in [1.82, 2.24) is 5.32 Å². The lowest BCUT2D eigenvalue weighted by atomic mass is 10.2. The number of aryl methyl sites for hydroxylation is 1. The van der Waals surface area contributed by atoms with Crippen LogP contribution >= 0.6 is 0 Å². The summed E-state index contributed by atoms with van der Waals surface area (Å²) in [7, 11) is 0. The van der Waals surface area contributed by atoms with Crippen LogP contribution in [0.15, 0.2) is 78.9 Å². The van der Waals surface area contributed by atoms with E-state index in [9.17, 15) is 4.79 Å². The summed E-state index contributed by atoms with van der Waals surface area (Å²) in [5.41, 5.74) is 1.90. The Labute approximate surface area is 165 Å². The third-order valence-corrected chi connectivity index (χ3v) is 3.99. The first kappa shape index (κ1) is 19.3. The predicted molar refractivity (Wildman–Crippen MR) is 111 cm³/mol. The van der Waals surface area contributed by atoms with E-state index in [1.165, 1.54) is 5.56 Å². The lowest BCUT2D eigenvalue weighted by Gasteiger charge is -2.10. The van der Waals surface area contributed by atoms with Gasteiger partial charge in [0.2, 0.25) is 0 Å². The lowest BCUT2D eigenvalue weighted by molar-refractivity contribution is 0.250. The van der Waals surface area contributed by atoms with Crippen LogP contribution < -0.4 is 20.1 Å². The van der Waals surface area contributed by atoms with E-state index in [0.29, 0.717) is 24.6 Å². The number of rotatable bonds is 8. The molecule has 144 valence electrons. The third-order valence-electron chi connectivity index (χ3n) is 3.99. The summed E-state index contributed by atoms with van der Waals surface area (Å²) in [6.07, 6.45) is 0.727. The molecular formula is C23H24N2O3. The van der Waals surface area contributed by atoms with Crippen LogP contribution in [0.2, 0.25) is 0 Å². The van der Waals surface area contributed by atoms with Gasteiger partial charge >= 0.3 is 6.03 Å². The van der Waals surface area contributed by atoms with Gasteiger partial charge in [-0.15, -0.1) is 0 Å². The molecule has 5 heteroatoms. The van der Waals surface area contributed by atoms with Gasteiger partial charge in [0.15, 0.2) is 0 Å². The Hall–Kier alpha value is -3.47. The summed E-state index contributed by atoms with van der Waals surface area (Å²) < 4.78 is 11.4. The van der Waals surface area contributed by atoms with Gasteiger partial charge in [-0.3, -0.25) is 0 Å². The van der Waals surface area contributed by atoms with Crippen molar-refractivity contribution in [2.75, 3.05) is 18.5 Å². The monoisotopic (exact) mass is 376 g/mol. The maximum Gasteiger partial charge on any atom is 0.319 e. The van der Waals surface area contributed by atoms with Gasteiger partial charge in [0.1, 0.15) is 17.2 Å². The number of para-hydroxylation sites is 1. The van der Waals surface area contributed by atoms with Crippen LogP contribution in [-0.2, 0) is 0 Å². The van der Waals surface area contributed by atoms with Crippen LogP contribution in [0.3, 0.4) is 0 Å². The van der Waals surface area contributed by atoms with Crippen LogP contribution in [0.4, 0.5) is 10.5 Å². The fraction of sp³-hybridized carbons (Fsp3) is 0.174. The van der Waals surface area contributed by atoms with Crippen molar-refractivity contribution in [1.29, 1.82) is 0 Å². The number of anilines is 1. The first-order chi connectivity index (χ1) is 13.7. The molecule has 0 aliphatic heterocycles. The molecule has 3 rings (SSSR count). The van der Waals surface area contributed by atoms with E-state index < -0.39 is 0 Å². The quantitative estimate of drug-likeness (QED) is 0.519. The maximum absolute atomic E-state index is 12.0. The van der Waals surface area contributed by atoms with Crippen LogP contribution in [0, 0.1) is 6.92 Å². The number of carbonyl (C=O) groups excluding carboxylic acids is 1. The molecule has 5 nitrogen and oxygen atoms in total. The van der Waals surface area contributed by atoms with Gasteiger partial charge in [-0.2, -0.15) is 0 Å². The molecule has 0 saturated carbocycles. The number of carbonyl (C=O) groups is 1. The minimum Gasteiger partial charge on any atom is -0.494 e. The van der Waals surface area contributed by atoms with E-state index in [1.807, 2.05) is 73.7 Å². The Balaban J connectivity index is 1.34. The van der Waals surface area contributed by atoms with Crippen LogP contribution in [-0.4, -0.2) is 19.2 Å². The molecule has 0 heterocycles. The number of ether oxygens (including phenoxy) is 2. The lowest BCUT2D eigenvalue weighted by Crippen LogP contribution is -2.30. The first-order valence-corrected chi connectivity index (χ1v) is 9.26. The zero-order valence-corrected chi connectivity index (χ0v) is 15.9. The molecule has 0 fully saturated rings. The van der Waals surface area contributed by atoms with Gasteiger partial charge in [-0.25, -0.2) is 4.79 Å². The van der Waals surface area contributed by atoms with Crippen molar-refractivity contribution in [3.05, 3.63) is 84.4 Å². The maximum atomic E-state index is 12.0. The van der Waals surface area contributed by atoms with E-state index >= 15 is 0 Å². The van der Waals surface area contributed by atoms with Gasteiger partial charge in [-0.1, -0.05) is 35.9 Å². The Morgan fingerprint density at radius 2 is 1.46 bits per heavy atom. The zero-order chi connectivity index (χ0) is 19.6. The van der Waals surface area contributed by atoms with Crippen molar-refractivity contribution in [2.24, 2.45) is 0 Å². The molecule has 0 radical (unpaired) electrons. The van der Waals surface area contributed by atoms with Gasteiger partial charge in [0, 0.05) is 12.2 Å². The third kappa shape index (κ3) is 6.36. The normalized spacial score (nSPS) is 10.2. The second-order valence-corrected chi connectivity index (χ2v) is 6.34. The summed E-state index contributed by atoms with van der Waals surface area (Å²) in [4.78, 5) is 12.0. The SMILES string of the molecule is Cc1ccc(OCCCNC(=O)Nc2ccc(Oc3ccccc3)cc2)cc1. The van der Waals surface area contributed by atoms with Gasteiger partial charge in [-0.05, 0) is 61.9 Å². The fourth-order valence-electron chi connectivity index (χ4n) is 2.50. The average molecular weight is 376 g/mol. The Bertz CT molecular complexity index is 863. The minimum absolute atomic E-state index is 0.243. The minimum atomic E-state index is -0.243. The second kappa shape index (κ2) is 10.0. The standard InChI is InChI=1S/C23H24N2O3/c1-18-8-12-20(13-9-18)27-17-5-16-24-23(26)25-19-10-14-22(15-11-19)28-21-6-3-2-4-7-21/h2-4,6-15H,5,16-17H2,1H3,(H2,24,25,26). The predicted octanol–water partition coefficient (Wildman–Crippen LogP) is 5.38. The fourth-order valence-corrected chi connectivity index (χ4v) is 2.50. The summed E-state index contributed by atoms with van der Waals surface area (Å²) in [6, 6.07) is 24.5. The molecule has 0 atom stereocenters. The van der Waals surface area contributed by atoms with Crippen LogP contribution in [0.1, 0.15) is 12.0 Å². The van der Waals surface area contributed by atoms with Gasteiger partial charge in [0.05, 0.1) is 6.61 Å². The summed E-state index contributed by atoms with van der Waals surface area (Å²) >= 11 is 0. The molecular weight excluding hydrogens is 352 g/mol. The molecule has 2 N–H and O–H groups in total. The van der Waals surface area contributed by atoms with E-state index in [2.05, 4.69) is 10.6 Å². The largest absolute Gasteiger partial charge is 0.494 e. The van der Waals surface area contributed by atoms with Crippen molar-refractivity contribution >= 4 is 11.7 Å². The Morgan fingerprint density at radius 3 is 2.18 bits per heavy atom. The van der Waals surface area contributed by atoms with E-state index in [-0.39, 0.29) is 6.03 Å². The topological polar surface area (TPSA) is 59.6 Å². The molecule has 0 saturated heterocycles. The van der Waals surface area contributed by atoms with Crippen molar-refractivity contribution in [2.45, 2.75) is 13.3 Å². The van der Waals surface area contributed by atoms with Crippen LogP contribution in [0.25, 0.3) is 0 Å². The molecule has 3 aromatic rings. The number of hydrogen-bond acceptors (Lipinski definition) is 3. The van der Waals surface area contributed by atoms with Gasteiger partial charge < -0.3 is 20.1 Å². The number of urea groups is 1. The van der Waals surface area contributed by atoms with E-state index in [0.717, 1.165) is 17.9 Å². The number of nitrogens with one attached hydrogen (secondary N) is 2. The van der Waals surface area contributed by atoms with E-state index in [4.69, 9.17) is 9.47 Å². The number of hydrogen-bond donors (Lipinski definition) is 2. The highest BCUT2D eigenvalue weighted by Gasteiger charge is 2.02. The molecule has 2 amide bonds. The number of amides is 2. The number of benzene rings is 3. The molecule has 0 spiro atoms. The Morgan fingerprint density at radius 1 is 0.821 bits per heavy atom. The first-order valence-electron chi connectivity index (χ1n) is 9.26. The smallest absolute Gasteiger partial charge is 0.319 e. The average Bonchev–Trinajstić information content (AvgIpc) is 2.71. The van der Waals surface area contributed by atoms with Crippen LogP contribution in [0.5, 0.6) is 17.2 Å². The molecule has 0 aromatic heterocycles. The molecule has 0 bridgehead atoms. The van der Waals surface area contributed by atoms with Crippen molar-refractivity contribution in [3.8, 4) is 17.2 Å². The summed E-state index contributed by atoms with van der Waals surface area (Å²) in [5.74, 6) is 2.33. The molecule has 3 aromatic carbocycles. The van der Waals surface area contributed by atoms with Crippen molar-refractivity contribution < 1.29 is 14.3 Å².